The van der Waals surface area contributed by atoms with Crippen molar-refractivity contribution in [3.8, 4) is 0 Å². The molecule has 1 saturated heterocycles. The molecular weight excluding hydrogens is 434 g/mol. The number of nitrogens with zero attached hydrogens (tertiary/aromatic N) is 1. The highest BCUT2D eigenvalue weighted by atomic mass is 35.5. The second kappa shape index (κ2) is 10.5. The lowest BCUT2D eigenvalue weighted by Crippen LogP contribution is -2.56. The summed E-state index contributed by atoms with van der Waals surface area (Å²) in [4.78, 5) is 53.1. The van der Waals surface area contributed by atoms with Crippen molar-refractivity contribution in [1.82, 2.24) is 26.1 Å². The topological polar surface area (TPSA) is 123 Å². The highest BCUT2D eigenvalue weighted by Crippen LogP contribution is 2.16. The molecule has 0 saturated carbocycles. The van der Waals surface area contributed by atoms with Gasteiger partial charge in [0.1, 0.15) is 17.6 Å². The van der Waals surface area contributed by atoms with Gasteiger partial charge in [0.2, 0.25) is 5.91 Å². The normalized spacial score (nSPS) is 16.6. The zero-order valence-corrected chi connectivity index (χ0v) is 18.9. The number of halogens is 1. The standard InChI is InChI=1S/C22H28ClN5O4/c1-13(2)9-17(26-21(31)18-10-14-5-3-4-6-16(14)25-18)22(32)27-28(19(29)11-23)12-15-7-8-24-20(15)30/h3-6,10,13,15,17,25H,7-9,11-12H2,1-2H3,(H,24,30)(H,26,31)(H,27,32)/t15-,17?/m1/s1. The lowest BCUT2D eigenvalue weighted by atomic mass is 10.0. The number of benzene rings is 1. The van der Waals surface area contributed by atoms with E-state index in [1.165, 1.54) is 0 Å². The average Bonchev–Trinajstić information content (AvgIpc) is 3.37. The van der Waals surface area contributed by atoms with Crippen LogP contribution in [0.2, 0.25) is 0 Å². The Balaban J connectivity index is 1.72. The molecule has 0 bridgehead atoms. The summed E-state index contributed by atoms with van der Waals surface area (Å²) >= 11 is 5.70. The van der Waals surface area contributed by atoms with Crippen molar-refractivity contribution in [3.05, 3.63) is 36.0 Å². The number of nitrogens with one attached hydrogen (secondary N) is 4. The summed E-state index contributed by atoms with van der Waals surface area (Å²) in [6, 6.07) is 8.33. The molecule has 2 atom stereocenters. The molecule has 10 heteroatoms. The fourth-order valence-corrected chi connectivity index (χ4v) is 3.81. The summed E-state index contributed by atoms with van der Waals surface area (Å²) in [5.74, 6) is -2.32. The van der Waals surface area contributed by atoms with Crippen LogP contribution in [0, 0.1) is 11.8 Å². The van der Waals surface area contributed by atoms with Gasteiger partial charge in [-0.3, -0.25) is 29.6 Å². The second-order valence-electron chi connectivity index (χ2n) is 8.32. The summed E-state index contributed by atoms with van der Waals surface area (Å²) in [6.45, 7) is 4.41. The van der Waals surface area contributed by atoms with Gasteiger partial charge in [-0.25, -0.2) is 0 Å². The van der Waals surface area contributed by atoms with Crippen molar-refractivity contribution in [2.24, 2.45) is 11.8 Å². The third-order valence-corrected chi connectivity index (χ3v) is 5.56. The number of carbonyl (C=O) groups excluding carboxylic acids is 4. The van der Waals surface area contributed by atoms with E-state index in [9.17, 15) is 19.2 Å². The van der Waals surface area contributed by atoms with E-state index in [1.54, 1.807) is 6.07 Å². The van der Waals surface area contributed by atoms with Crippen molar-refractivity contribution in [1.29, 1.82) is 0 Å². The highest BCUT2D eigenvalue weighted by molar-refractivity contribution is 6.27. The van der Waals surface area contributed by atoms with Crippen LogP contribution in [-0.2, 0) is 14.4 Å². The molecule has 4 N–H and O–H groups in total. The van der Waals surface area contributed by atoms with Crippen LogP contribution in [0.25, 0.3) is 10.9 Å². The Bertz CT molecular complexity index is 972. The summed E-state index contributed by atoms with van der Waals surface area (Å²) in [7, 11) is 0. The van der Waals surface area contributed by atoms with Gasteiger partial charge in [-0.2, -0.15) is 0 Å². The van der Waals surface area contributed by atoms with Crippen LogP contribution in [0.4, 0.5) is 0 Å². The maximum Gasteiger partial charge on any atom is 0.268 e. The Labute approximate surface area is 191 Å². The Kier molecular flexibility index (Phi) is 7.74. The number of hydrogen-bond donors (Lipinski definition) is 4. The minimum Gasteiger partial charge on any atom is -0.356 e. The number of rotatable bonds is 8. The molecule has 1 aliphatic rings. The minimum absolute atomic E-state index is 0.0213. The van der Waals surface area contributed by atoms with Crippen molar-refractivity contribution in [3.63, 3.8) is 0 Å². The lowest BCUT2D eigenvalue weighted by molar-refractivity contribution is -0.142. The lowest BCUT2D eigenvalue weighted by Gasteiger charge is -2.28. The first-order valence-corrected chi connectivity index (χ1v) is 11.1. The number of alkyl halides is 1. The highest BCUT2D eigenvalue weighted by Gasteiger charge is 2.31. The number of carbonyl (C=O) groups is 4. The molecule has 2 aromatic rings. The Morgan fingerprint density at radius 3 is 2.62 bits per heavy atom. The van der Waals surface area contributed by atoms with Gasteiger partial charge >= 0.3 is 0 Å². The first kappa shape index (κ1) is 23.6. The van der Waals surface area contributed by atoms with Gasteiger partial charge in [0.15, 0.2) is 0 Å². The number of aromatic nitrogens is 1. The summed E-state index contributed by atoms with van der Waals surface area (Å²) in [5.41, 5.74) is 3.71. The van der Waals surface area contributed by atoms with Crippen molar-refractivity contribution >= 4 is 46.1 Å². The van der Waals surface area contributed by atoms with E-state index in [0.29, 0.717) is 25.1 Å². The third kappa shape index (κ3) is 5.79. The van der Waals surface area contributed by atoms with Gasteiger partial charge in [0.25, 0.3) is 17.7 Å². The summed E-state index contributed by atoms with van der Waals surface area (Å²) < 4.78 is 0. The smallest absolute Gasteiger partial charge is 0.268 e. The molecule has 0 aliphatic carbocycles. The number of H-pyrrole nitrogens is 1. The average molecular weight is 462 g/mol. The number of hydrazine groups is 1. The van der Waals surface area contributed by atoms with Gasteiger partial charge < -0.3 is 15.6 Å². The van der Waals surface area contributed by atoms with Crippen molar-refractivity contribution in [2.45, 2.75) is 32.7 Å². The predicted octanol–water partition coefficient (Wildman–Crippen LogP) is 1.55. The van der Waals surface area contributed by atoms with Crippen LogP contribution in [0.3, 0.4) is 0 Å². The van der Waals surface area contributed by atoms with Crippen LogP contribution < -0.4 is 16.1 Å². The van der Waals surface area contributed by atoms with Crippen LogP contribution in [0.5, 0.6) is 0 Å². The molecule has 1 unspecified atom stereocenters. The molecule has 32 heavy (non-hydrogen) atoms. The quantitative estimate of drug-likeness (QED) is 0.351. The monoisotopic (exact) mass is 461 g/mol. The molecule has 2 heterocycles. The third-order valence-electron chi connectivity index (χ3n) is 5.33. The van der Waals surface area contributed by atoms with Crippen LogP contribution in [-0.4, -0.2) is 58.6 Å². The second-order valence-corrected chi connectivity index (χ2v) is 8.58. The SMILES string of the molecule is CC(C)CC(NC(=O)c1cc2ccccc2[nH]1)C(=O)NN(C[C@H]1CCNC1=O)C(=O)CCl. The fraction of sp³-hybridized carbons (Fsp3) is 0.455. The Morgan fingerprint density at radius 1 is 1.25 bits per heavy atom. The first-order chi connectivity index (χ1) is 15.3. The molecule has 172 valence electrons. The molecule has 0 spiro atoms. The van der Waals surface area contributed by atoms with Crippen molar-refractivity contribution in [2.75, 3.05) is 19.0 Å². The number of fused-ring (bicyclic) bond motifs is 1. The zero-order chi connectivity index (χ0) is 23.3. The molecule has 1 aromatic heterocycles. The number of amides is 4. The van der Waals surface area contributed by atoms with Crippen LogP contribution in [0.15, 0.2) is 30.3 Å². The van der Waals surface area contributed by atoms with E-state index in [-0.39, 0.29) is 24.2 Å². The maximum atomic E-state index is 13.0. The molecule has 1 fully saturated rings. The largest absolute Gasteiger partial charge is 0.356 e. The molecule has 4 amide bonds. The summed E-state index contributed by atoms with van der Waals surface area (Å²) in [6.07, 6.45) is 0.929. The van der Waals surface area contributed by atoms with Gasteiger partial charge in [0.05, 0.1) is 12.5 Å². The molecule has 0 radical (unpaired) electrons. The van der Waals surface area contributed by atoms with E-state index >= 15 is 0 Å². The molecule has 1 aromatic carbocycles. The predicted molar refractivity (Wildman–Crippen MR) is 121 cm³/mol. The zero-order valence-electron chi connectivity index (χ0n) is 18.1. The van der Waals surface area contributed by atoms with Gasteiger partial charge in [0, 0.05) is 17.4 Å². The van der Waals surface area contributed by atoms with E-state index in [0.717, 1.165) is 15.9 Å². The fourth-order valence-electron chi connectivity index (χ4n) is 3.67. The van der Waals surface area contributed by atoms with Crippen molar-refractivity contribution < 1.29 is 19.2 Å². The molecular formula is C22H28ClN5O4. The number of hydrogen-bond acceptors (Lipinski definition) is 4. The minimum atomic E-state index is -0.878. The van der Waals surface area contributed by atoms with E-state index in [2.05, 4.69) is 21.0 Å². The molecule has 3 rings (SSSR count). The Hall–Kier alpha value is -3.07. The number of aromatic amines is 1. The molecule has 1 aliphatic heterocycles. The van der Waals surface area contributed by atoms with Crippen LogP contribution >= 0.6 is 11.6 Å². The number of para-hydroxylation sites is 1. The van der Waals surface area contributed by atoms with Gasteiger partial charge in [-0.15, -0.1) is 11.6 Å². The van der Waals surface area contributed by atoms with Crippen LogP contribution in [0.1, 0.15) is 37.2 Å². The van der Waals surface area contributed by atoms with E-state index < -0.39 is 29.7 Å². The first-order valence-electron chi connectivity index (χ1n) is 10.6. The molecule has 9 nitrogen and oxygen atoms in total. The van der Waals surface area contributed by atoms with E-state index in [4.69, 9.17) is 11.6 Å². The van der Waals surface area contributed by atoms with E-state index in [1.807, 2.05) is 38.1 Å². The summed E-state index contributed by atoms with van der Waals surface area (Å²) in [5, 5.41) is 7.43. The van der Waals surface area contributed by atoms with Gasteiger partial charge in [-0.05, 0) is 30.9 Å². The Morgan fingerprint density at radius 2 is 2.00 bits per heavy atom. The van der Waals surface area contributed by atoms with Gasteiger partial charge in [-0.1, -0.05) is 32.0 Å². The maximum absolute atomic E-state index is 13.0.